The Morgan fingerprint density at radius 3 is 2.71 bits per heavy atom. The third-order valence-corrected chi connectivity index (χ3v) is 5.91. The first-order chi connectivity index (χ1) is 15.0. The number of hydrogen-bond acceptors (Lipinski definition) is 3. The molecule has 0 saturated carbocycles. The summed E-state index contributed by atoms with van der Waals surface area (Å²) >= 11 is 0. The zero-order chi connectivity index (χ0) is 22.0. The molecule has 1 heterocycles. The summed E-state index contributed by atoms with van der Waals surface area (Å²) in [6.45, 7) is 9.93. The number of fused-ring (bicyclic) bond motifs is 1. The Balaban J connectivity index is 1.88. The van der Waals surface area contributed by atoms with Crippen molar-refractivity contribution < 1.29 is 0 Å². The van der Waals surface area contributed by atoms with Crippen molar-refractivity contribution in [2.75, 3.05) is 0 Å². The van der Waals surface area contributed by atoms with Gasteiger partial charge in [-0.15, -0.1) is 10.2 Å². The molecule has 0 saturated heterocycles. The largest absolute Gasteiger partial charge is 0.279 e. The molecule has 1 aromatic heterocycles. The van der Waals surface area contributed by atoms with Crippen LogP contribution in [0.5, 0.6) is 0 Å². The van der Waals surface area contributed by atoms with E-state index in [-0.39, 0.29) is 0 Å². The van der Waals surface area contributed by atoms with Gasteiger partial charge in [0.1, 0.15) is 5.82 Å². The predicted molar refractivity (Wildman–Crippen MR) is 124 cm³/mol. The third-order valence-electron chi connectivity index (χ3n) is 5.91. The van der Waals surface area contributed by atoms with E-state index in [0.29, 0.717) is 23.7 Å². The lowest BCUT2D eigenvalue weighted by Crippen LogP contribution is -2.04. The van der Waals surface area contributed by atoms with Crippen molar-refractivity contribution in [3.63, 3.8) is 0 Å². The van der Waals surface area contributed by atoms with E-state index < -0.39 is 0 Å². The van der Waals surface area contributed by atoms with Crippen LogP contribution in [0.2, 0.25) is 0 Å². The first-order valence-corrected chi connectivity index (χ1v) is 10.7. The molecule has 1 aliphatic rings. The van der Waals surface area contributed by atoms with Gasteiger partial charge in [0.15, 0.2) is 5.82 Å². The minimum Gasteiger partial charge on any atom is -0.279 e. The molecule has 31 heavy (non-hydrogen) atoms. The monoisotopic (exact) mass is 406 g/mol. The van der Waals surface area contributed by atoms with Gasteiger partial charge in [0, 0.05) is 17.7 Å². The van der Waals surface area contributed by atoms with E-state index in [1.54, 1.807) is 6.08 Å². The van der Waals surface area contributed by atoms with Crippen LogP contribution in [-0.2, 0) is 19.3 Å². The highest BCUT2D eigenvalue weighted by Gasteiger charge is 2.21. The van der Waals surface area contributed by atoms with Crippen molar-refractivity contribution in [2.45, 2.75) is 52.4 Å². The summed E-state index contributed by atoms with van der Waals surface area (Å²) in [5, 5.41) is 18.8. The normalized spacial score (nSPS) is 12.2. The van der Waals surface area contributed by atoms with Gasteiger partial charge < -0.3 is 0 Å². The maximum absolute atomic E-state index is 9.94. The van der Waals surface area contributed by atoms with Crippen LogP contribution in [0.15, 0.2) is 43.0 Å². The molecule has 4 rings (SSSR count). The fraction of sp³-hybridized carbons (Fsp3) is 0.296. The molecule has 0 atom stereocenters. The van der Waals surface area contributed by atoms with Crippen molar-refractivity contribution in [3.8, 4) is 35.0 Å². The minimum atomic E-state index is 0.296. The molecule has 154 valence electrons. The van der Waals surface area contributed by atoms with Crippen LogP contribution in [0.3, 0.4) is 0 Å². The van der Waals surface area contributed by atoms with E-state index >= 15 is 0 Å². The number of aryl methyl sites for hydroxylation is 3. The zero-order valence-corrected chi connectivity index (χ0v) is 18.4. The lowest BCUT2D eigenvalue weighted by atomic mass is 9.90. The topological polar surface area (TPSA) is 54.5 Å². The van der Waals surface area contributed by atoms with E-state index in [1.807, 2.05) is 13.0 Å². The van der Waals surface area contributed by atoms with Crippen LogP contribution in [0.1, 0.15) is 59.8 Å². The SMILES string of the molecule is C=CC#CCc1cc(C#N)c(-c2nnc(C)n2-c2ccc3c(c2)CCC3)cc1C(C)C. The highest BCUT2D eigenvalue weighted by molar-refractivity contribution is 5.69. The van der Waals surface area contributed by atoms with Gasteiger partial charge in [-0.05, 0) is 84.7 Å². The van der Waals surface area contributed by atoms with Crippen LogP contribution in [0, 0.1) is 30.1 Å². The maximum Gasteiger partial charge on any atom is 0.169 e. The zero-order valence-electron chi connectivity index (χ0n) is 18.4. The highest BCUT2D eigenvalue weighted by atomic mass is 15.3. The molecule has 0 spiro atoms. The van der Waals surface area contributed by atoms with Gasteiger partial charge in [-0.2, -0.15) is 5.26 Å². The summed E-state index contributed by atoms with van der Waals surface area (Å²) < 4.78 is 2.07. The summed E-state index contributed by atoms with van der Waals surface area (Å²) in [5.74, 6) is 7.83. The summed E-state index contributed by atoms with van der Waals surface area (Å²) in [5.41, 5.74) is 7.53. The Hall–Kier alpha value is -3.63. The summed E-state index contributed by atoms with van der Waals surface area (Å²) in [4.78, 5) is 0. The minimum absolute atomic E-state index is 0.296. The van der Waals surface area contributed by atoms with Crippen molar-refractivity contribution in [2.24, 2.45) is 0 Å². The van der Waals surface area contributed by atoms with Gasteiger partial charge in [0.25, 0.3) is 0 Å². The van der Waals surface area contributed by atoms with E-state index in [1.165, 1.54) is 23.1 Å². The van der Waals surface area contributed by atoms with Crippen LogP contribution in [0.25, 0.3) is 17.1 Å². The second-order valence-electron chi connectivity index (χ2n) is 8.28. The molecule has 0 aliphatic heterocycles. The second-order valence-corrected chi connectivity index (χ2v) is 8.28. The van der Waals surface area contributed by atoms with Gasteiger partial charge in [0.2, 0.25) is 0 Å². The van der Waals surface area contributed by atoms with E-state index in [0.717, 1.165) is 35.5 Å². The fourth-order valence-corrected chi connectivity index (χ4v) is 4.39. The molecule has 1 aliphatic carbocycles. The van der Waals surface area contributed by atoms with E-state index in [2.05, 4.69) is 77.4 Å². The first-order valence-electron chi connectivity index (χ1n) is 10.7. The fourth-order valence-electron chi connectivity index (χ4n) is 4.39. The van der Waals surface area contributed by atoms with Crippen molar-refractivity contribution in [3.05, 3.63) is 76.6 Å². The van der Waals surface area contributed by atoms with E-state index in [4.69, 9.17) is 0 Å². The van der Waals surface area contributed by atoms with Gasteiger partial charge in [-0.1, -0.05) is 38.3 Å². The van der Waals surface area contributed by atoms with Crippen LogP contribution < -0.4 is 0 Å². The number of allylic oxidation sites excluding steroid dienone is 1. The summed E-state index contributed by atoms with van der Waals surface area (Å²) in [6, 6.07) is 13.0. The molecule has 2 aromatic carbocycles. The average Bonchev–Trinajstić information content (AvgIpc) is 3.39. The van der Waals surface area contributed by atoms with Gasteiger partial charge >= 0.3 is 0 Å². The summed E-state index contributed by atoms with van der Waals surface area (Å²) in [6.07, 6.45) is 5.65. The molecule has 0 radical (unpaired) electrons. The molecule has 0 amide bonds. The quantitative estimate of drug-likeness (QED) is 0.541. The number of benzene rings is 2. The van der Waals surface area contributed by atoms with Gasteiger partial charge in [0.05, 0.1) is 11.6 Å². The van der Waals surface area contributed by atoms with Crippen molar-refractivity contribution in [1.29, 1.82) is 5.26 Å². The molecular formula is C27H26N4. The van der Waals surface area contributed by atoms with Gasteiger partial charge in [-0.3, -0.25) is 4.57 Å². The Labute approximate surface area is 184 Å². The molecule has 4 heteroatoms. The van der Waals surface area contributed by atoms with Crippen LogP contribution >= 0.6 is 0 Å². The number of nitrogens with zero attached hydrogens (tertiary/aromatic N) is 4. The molecule has 3 aromatic rings. The highest BCUT2D eigenvalue weighted by Crippen LogP contribution is 2.33. The molecule has 0 fully saturated rings. The number of nitriles is 1. The van der Waals surface area contributed by atoms with Crippen molar-refractivity contribution in [1.82, 2.24) is 14.8 Å². The second kappa shape index (κ2) is 8.62. The standard InChI is InChI=1S/C27H26N4/c1-5-6-7-9-22-14-23(17-28)26(16-25(22)18(2)3)27-30-29-19(4)31(27)24-13-12-20-10-8-11-21(20)15-24/h5,12-16,18H,1,8-11H2,2-4H3. The van der Waals surface area contributed by atoms with Crippen LogP contribution in [0.4, 0.5) is 0 Å². The molecular weight excluding hydrogens is 380 g/mol. The van der Waals surface area contributed by atoms with E-state index in [9.17, 15) is 5.26 Å². The van der Waals surface area contributed by atoms with Crippen molar-refractivity contribution >= 4 is 0 Å². The lowest BCUT2D eigenvalue weighted by Gasteiger charge is -2.16. The number of aromatic nitrogens is 3. The first kappa shape index (κ1) is 20.6. The average molecular weight is 407 g/mol. The lowest BCUT2D eigenvalue weighted by molar-refractivity contribution is 0.851. The van der Waals surface area contributed by atoms with Gasteiger partial charge in [-0.25, -0.2) is 0 Å². The Morgan fingerprint density at radius 2 is 1.97 bits per heavy atom. The Morgan fingerprint density at radius 1 is 1.16 bits per heavy atom. The predicted octanol–water partition coefficient (Wildman–Crippen LogP) is 5.46. The molecule has 4 nitrogen and oxygen atoms in total. The maximum atomic E-state index is 9.94. The third kappa shape index (κ3) is 3.90. The molecule has 0 unspecified atom stereocenters. The Bertz CT molecular complexity index is 1260. The summed E-state index contributed by atoms with van der Waals surface area (Å²) in [7, 11) is 0. The number of hydrogen-bond donors (Lipinski definition) is 0. The number of rotatable bonds is 4. The Kier molecular flexibility index (Phi) is 5.74. The van der Waals surface area contributed by atoms with Crippen LogP contribution in [-0.4, -0.2) is 14.8 Å². The smallest absolute Gasteiger partial charge is 0.169 e. The molecule has 0 N–H and O–H groups in total. The molecule has 0 bridgehead atoms.